The summed E-state index contributed by atoms with van der Waals surface area (Å²) in [6, 6.07) is 15.7. The van der Waals surface area contributed by atoms with Crippen LogP contribution in [0.1, 0.15) is 0 Å². The topological polar surface area (TPSA) is 32.8 Å². The molecule has 6 heteroatoms. The number of methoxy groups -OCH3 is 1. The summed E-state index contributed by atoms with van der Waals surface area (Å²) in [4.78, 5) is 17.6. The molecular weight excluding hydrogens is 356 g/mol. The summed E-state index contributed by atoms with van der Waals surface area (Å²) < 4.78 is 5.19. The Morgan fingerprint density at radius 1 is 1.08 bits per heavy atom. The fraction of sp³-hybridized carbons (Fsp3) is 0.316. The number of hydrogen-bond acceptors (Lipinski definition) is 4. The Morgan fingerprint density at radius 2 is 1.76 bits per heavy atom. The van der Waals surface area contributed by atoms with Gasteiger partial charge in [0.1, 0.15) is 5.75 Å². The number of thioether (sulfide) groups is 1. The molecular formula is C19H21ClN2O2S. The number of halogens is 1. The lowest BCUT2D eigenvalue weighted by Gasteiger charge is -2.36. The zero-order valence-corrected chi connectivity index (χ0v) is 15.7. The summed E-state index contributed by atoms with van der Waals surface area (Å²) in [6.45, 7) is 3.17. The summed E-state index contributed by atoms with van der Waals surface area (Å²) in [5.74, 6) is 1.44. The van der Waals surface area contributed by atoms with Crippen molar-refractivity contribution in [1.82, 2.24) is 4.90 Å². The minimum absolute atomic E-state index is 0.166. The van der Waals surface area contributed by atoms with Crippen molar-refractivity contribution in [2.75, 3.05) is 43.9 Å². The summed E-state index contributed by atoms with van der Waals surface area (Å²) in [7, 11) is 1.67. The van der Waals surface area contributed by atoms with Gasteiger partial charge in [-0.2, -0.15) is 0 Å². The highest BCUT2D eigenvalue weighted by molar-refractivity contribution is 8.00. The average molecular weight is 377 g/mol. The van der Waals surface area contributed by atoms with Crippen LogP contribution in [-0.4, -0.2) is 49.8 Å². The van der Waals surface area contributed by atoms with Crippen molar-refractivity contribution in [2.45, 2.75) is 4.90 Å². The minimum atomic E-state index is 0.166. The van der Waals surface area contributed by atoms with Crippen molar-refractivity contribution < 1.29 is 9.53 Å². The van der Waals surface area contributed by atoms with E-state index in [1.807, 2.05) is 41.3 Å². The van der Waals surface area contributed by atoms with Gasteiger partial charge in [-0.3, -0.25) is 4.79 Å². The lowest BCUT2D eigenvalue weighted by atomic mass is 10.2. The molecule has 3 rings (SSSR count). The normalized spacial score (nSPS) is 14.5. The molecule has 1 saturated heterocycles. The first-order chi connectivity index (χ1) is 12.2. The lowest BCUT2D eigenvalue weighted by Crippen LogP contribution is -2.49. The fourth-order valence-corrected chi connectivity index (χ4v) is 3.94. The molecule has 25 heavy (non-hydrogen) atoms. The molecule has 2 aromatic carbocycles. The highest BCUT2D eigenvalue weighted by Crippen LogP contribution is 2.27. The zero-order chi connectivity index (χ0) is 17.6. The van der Waals surface area contributed by atoms with Crippen LogP contribution in [0.15, 0.2) is 53.4 Å². The van der Waals surface area contributed by atoms with E-state index in [-0.39, 0.29) is 5.91 Å². The van der Waals surface area contributed by atoms with Gasteiger partial charge in [0.25, 0.3) is 0 Å². The Hall–Kier alpha value is -1.85. The second-order valence-electron chi connectivity index (χ2n) is 5.78. The molecule has 0 unspecified atom stereocenters. The number of anilines is 1. The number of amides is 1. The summed E-state index contributed by atoms with van der Waals surface area (Å²) in [6.07, 6.45) is 0. The maximum atomic E-state index is 12.4. The highest BCUT2D eigenvalue weighted by atomic mass is 35.5. The third-order valence-corrected chi connectivity index (χ3v) is 5.76. The van der Waals surface area contributed by atoms with Gasteiger partial charge >= 0.3 is 0 Å². The predicted octanol–water partition coefficient (Wildman–Crippen LogP) is 3.79. The lowest BCUT2D eigenvalue weighted by molar-refractivity contribution is -0.128. The van der Waals surface area contributed by atoms with Crippen LogP contribution in [0.25, 0.3) is 0 Å². The number of ether oxygens (including phenoxy) is 1. The van der Waals surface area contributed by atoms with Gasteiger partial charge < -0.3 is 14.5 Å². The second-order valence-corrected chi connectivity index (χ2v) is 7.21. The first-order valence-electron chi connectivity index (χ1n) is 8.21. The Labute approximate surface area is 157 Å². The molecule has 1 amide bonds. The third-order valence-electron chi connectivity index (χ3n) is 4.26. The van der Waals surface area contributed by atoms with Gasteiger partial charge in [0, 0.05) is 36.8 Å². The standard InChI is InChI=1S/C19H21ClN2O2S/c1-24-16-8-6-15(7-9-16)21-10-12-22(13-11-21)19(23)14-25-18-5-3-2-4-17(18)20/h2-9H,10-14H2,1H3. The molecule has 132 valence electrons. The molecule has 0 aliphatic carbocycles. The van der Waals surface area contributed by atoms with Crippen molar-refractivity contribution in [3.05, 3.63) is 53.6 Å². The number of hydrogen-bond donors (Lipinski definition) is 0. The summed E-state index contributed by atoms with van der Waals surface area (Å²) in [5.41, 5.74) is 1.17. The van der Waals surface area contributed by atoms with E-state index in [2.05, 4.69) is 17.0 Å². The Morgan fingerprint density at radius 3 is 2.40 bits per heavy atom. The largest absolute Gasteiger partial charge is 0.497 e. The maximum absolute atomic E-state index is 12.4. The monoisotopic (exact) mass is 376 g/mol. The highest BCUT2D eigenvalue weighted by Gasteiger charge is 2.21. The van der Waals surface area contributed by atoms with E-state index in [1.54, 1.807) is 7.11 Å². The SMILES string of the molecule is COc1ccc(N2CCN(C(=O)CSc3ccccc3Cl)CC2)cc1. The van der Waals surface area contributed by atoms with E-state index >= 15 is 0 Å². The molecule has 0 aromatic heterocycles. The molecule has 0 atom stereocenters. The minimum Gasteiger partial charge on any atom is -0.497 e. The number of carbonyl (C=O) groups is 1. The summed E-state index contributed by atoms with van der Waals surface area (Å²) in [5, 5.41) is 0.699. The number of carbonyl (C=O) groups excluding carboxylic acids is 1. The molecule has 0 spiro atoms. The Bertz CT molecular complexity index is 716. The van der Waals surface area contributed by atoms with Crippen LogP contribution in [0.4, 0.5) is 5.69 Å². The molecule has 0 saturated carbocycles. The van der Waals surface area contributed by atoms with Crippen molar-refractivity contribution in [3.63, 3.8) is 0 Å². The van der Waals surface area contributed by atoms with E-state index in [0.717, 1.165) is 36.8 Å². The molecule has 1 fully saturated rings. The van der Waals surface area contributed by atoms with Gasteiger partial charge in [0.05, 0.1) is 17.9 Å². The Balaban J connectivity index is 1.49. The van der Waals surface area contributed by atoms with Crippen molar-refractivity contribution in [3.8, 4) is 5.75 Å². The second kappa shape index (κ2) is 8.50. The number of benzene rings is 2. The van der Waals surface area contributed by atoms with Gasteiger partial charge in [-0.25, -0.2) is 0 Å². The van der Waals surface area contributed by atoms with Crippen molar-refractivity contribution in [2.24, 2.45) is 0 Å². The average Bonchev–Trinajstić information content (AvgIpc) is 2.67. The van der Waals surface area contributed by atoms with Crippen LogP contribution in [0.5, 0.6) is 5.75 Å². The molecule has 4 nitrogen and oxygen atoms in total. The fourth-order valence-electron chi connectivity index (χ4n) is 2.80. The van der Waals surface area contributed by atoms with Crippen LogP contribution in [0, 0.1) is 0 Å². The van der Waals surface area contributed by atoms with Gasteiger partial charge in [0.15, 0.2) is 0 Å². The molecule has 1 aliphatic heterocycles. The van der Waals surface area contributed by atoms with Crippen LogP contribution < -0.4 is 9.64 Å². The first-order valence-corrected chi connectivity index (χ1v) is 9.58. The van der Waals surface area contributed by atoms with Crippen LogP contribution >= 0.6 is 23.4 Å². The molecule has 2 aromatic rings. The van der Waals surface area contributed by atoms with Crippen LogP contribution in [0.3, 0.4) is 0 Å². The number of piperazine rings is 1. The smallest absolute Gasteiger partial charge is 0.233 e. The van der Waals surface area contributed by atoms with Gasteiger partial charge in [-0.05, 0) is 36.4 Å². The van der Waals surface area contributed by atoms with Gasteiger partial charge in [-0.1, -0.05) is 23.7 Å². The number of nitrogens with zero attached hydrogens (tertiary/aromatic N) is 2. The molecule has 0 N–H and O–H groups in total. The molecule has 0 radical (unpaired) electrons. The van der Waals surface area contributed by atoms with Crippen molar-refractivity contribution in [1.29, 1.82) is 0 Å². The van der Waals surface area contributed by atoms with Gasteiger partial charge in [0.2, 0.25) is 5.91 Å². The van der Waals surface area contributed by atoms with Crippen molar-refractivity contribution >= 4 is 35.0 Å². The molecule has 0 bridgehead atoms. The quantitative estimate of drug-likeness (QED) is 0.743. The zero-order valence-electron chi connectivity index (χ0n) is 14.2. The Kier molecular flexibility index (Phi) is 6.10. The third kappa shape index (κ3) is 4.61. The van der Waals surface area contributed by atoms with Crippen LogP contribution in [0.2, 0.25) is 5.02 Å². The van der Waals surface area contributed by atoms with Crippen LogP contribution in [-0.2, 0) is 4.79 Å². The summed E-state index contributed by atoms with van der Waals surface area (Å²) >= 11 is 7.64. The van der Waals surface area contributed by atoms with Gasteiger partial charge in [-0.15, -0.1) is 11.8 Å². The van der Waals surface area contributed by atoms with E-state index in [1.165, 1.54) is 17.4 Å². The number of rotatable bonds is 5. The van der Waals surface area contributed by atoms with E-state index < -0.39 is 0 Å². The molecule has 1 aliphatic rings. The first kappa shape index (κ1) is 18.0. The van der Waals surface area contributed by atoms with E-state index in [4.69, 9.17) is 16.3 Å². The maximum Gasteiger partial charge on any atom is 0.233 e. The van der Waals surface area contributed by atoms with E-state index in [9.17, 15) is 4.79 Å². The molecule has 1 heterocycles. The van der Waals surface area contributed by atoms with E-state index in [0.29, 0.717) is 10.8 Å². The predicted molar refractivity (Wildman–Crippen MR) is 104 cm³/mol.